The number of benzene rings is 1. The Bertz CT molecular complexity index is 539. The van der Waals surface area contributed by atoms with Crippen LogP contribution in [0.2, 0.25) is 0 Å². The molecule has 0 aromatic heterocycles. The van der Waals surface area contributed by atoms with Crippen molar-refractivity contribution in [2.24, 2.45) is 5.92 Å². The molecule has 0 radical (unpaired) electrons. The lowest BCUT2D eigenvalue weighted by Crippen LogP contribution is -2.58. The largest absolute Gasteiger partial charge is 0.329 e. The molecule has 4 nitrogen and oxygen atoms in total. The maximum absolute atomic E-state index is 12.9. The van der Waals surface area contributed by atoms with Crippen LogP contribution in [-0.2, 0) is 9.59 Å². The van der Waals surface area contributed by atoms with E-state index in [0.29, 0.717) is 18.8 Å². The smallest absolute Gasteiger partial charge is 0.249 e. The van der Waals surface area contributed by atoms with E-state index in [1.165, 1.54) is 12.1 Å². The molecule has 1 aromatic rings. The zero-order valence-electron chi connectivity index (χ0n) is 11.4. The van der Waals surface area contributed by atoms with Crippen molar-refractivity contribution in [1.82, 2.24) is 4.90 Å². The molecule has 1 aliphatic carbocycles. The second-order valence-corrected chi connectivity index (χ2v) is 5.45. The Morgan fingerprint density at radius 2 is 1.85 bits per heavy atom. The summed E-state index contributed by atoms with van der Waals surface area (Å²) in [5, 5.41) is 0. The summed E-state index contributed by atoms with van der Waals surface area (Å²) in [4.78, 5) is 27.8. The van der Waals surface area contributed by atoms with Crippen LogP contribution in [0.4, 0.5) is 10.1 Å². The summed E-state index contributed by atoms with van der Waals surface area (Å²) < 4.78 is 12.9. The fraction of sp³-hybridized carbons (Fsp3) is 0.467. The fourth-order valence-corrected chi connectivity index (χ4v) is 2.61. The van der Waals surface area contributed by atoms with Crippen LogP contribution in [-0.4, -0.2) is 35.8 Å². The van der Waals surface area contributed by atoms with Crippen molar-refractivity contribution in [3.8, 4) is 0 Å². The first-order valence-electron chi connectivity index (χ1n) is 6.95. The zero-order valence-corrected chi connectivity index (χ0v) is 11.4. The van der Waals surface area contributed by atoms with Crippen molar-refractivity contribution in [2.45, 2.75) is 25.8 Å². The van der Waals surface area contributed by atoms with Gasteiger partial charge < -0.3 is 9.80 Å². The maximum Gasteiger partial charge on any atom is 0.249 e. The Morgan fingerprint density at radius 3 is 2.45 bits per heavy atom. The van der Waals surface area contributed by atoms with Gasteiger partial charge in [-0.15, -0.1) is 0 Å². The van der Waals surface area contributed by atoms with Crippen LogP contribution < -0.4 is 4.90 Å². The van der Waals surface area contributed by atoms with Gasteiger partial charge >= 0.3 is 0 Å². The third-order valence-electron chi connectivity index (χ3n) is 4.00. The van der Waals surface area contributed by atoms with Gasteiger partial charge in [-0.25, -0.2) is 4.39 Å². The van der Waals surface area contributed by atoms with Crippen LogP contribution in [0.5, 0.6) is 0 Å². The first-order chi connectivity index (χ1) is 9.58. The lowest BCUT2D eigenvalue weighted by Gasteiger charge is -2.39. The van der Waals surface area contributed by atoms with Crippen molar-refractivity contribution in [2.75, 3.05) is 18.0 Å². The van der Waals surface area contributed by atoms with Crippen LogP contribution in [0, 0.1) is 11.7 Å². The number of carbonyl (C=O) groups excluding carboxylic acids is 2. The highest BCUT2D eigenvalue weighted by molar-refractivity contribution is 6.00. The highest BCUT2D eigenvalue weighted by Crippen LogP contribution is 2.32. The summed E-state index contributed by atoms with van der Waals surface area (Å²) in [7, 11) is 0. The van der Waals surface area contributed by atoms with E-state index in [1.807, 2.05) is 0 Å². The number of hydrogen-bond donors (Lipinski definition) is 0. The number of anilines is 1. The molecule has 0 N–H and O–H groups in total. The predicted octanol–water partition coefficient (Wildman–Crippen LogP) is 1.80. The molecule has 0 spiro atoms. The summed E-state index contributed by atoms with van der Waals surface area (Å²) >= 11 is 0. The van der Waals surface area contributed by atoms with Crippen LogP contribution in [0.25, 0.3) is 0 Å². The second-order valence-electron chi connectivity index (χ2n) is 5.45. The molecular weight excluding hydrogens is 259 g/mol. The molecule has 3 rings (SSSR count). The number of amides is 2. The number of halogens is 1. The standard InChI is InChI=1S/C15H17FN2O2/c1-10-14(19)18(13-6-4-12(16)5-7-13)9-8-17(10)15(20)11-2-3-11/h4-7,10-11H,2-3,8-9H2,1H3/t10-/m1/s1. The van der Waals surface area contributed by atoms with Crippen LogP contribution in [0.15, 0.2) is 24.3 Å². The van der Waals surface area contributed by atoms with Gasteiger partial charge in [0.05, 0.1) is 0 Å². The Balaban J connectivity index is 1.76. The summed E-state index contributed by atoms with van der Waals surface area (Å²) in [5.74, 6) is -0.194. The highest BCUT2D eigenvalue weighted by atomic mass is 19.1. The highest BCUT2D eigenvalue weighted by Gasteiger charge is 2.40. The number of nitrogens with zero attached hydrogens (tertiary/aromatic N) is 2. The quantitative estimate of drug-likeness (QED) is 0.826. The minimum Gasteiger partial charge on any atom is -0.329 e. The Labute approximate surface area is 117 Å². The van der Waals surface area contributed by atoms with E-state index in [1.54, 1.807) is 28.9 Å². The average molecular weight is 276 g/mol. The summed E-state index contributed by atoms with van der Waals surface area (Å²) in [6.07, 6.45) is 1.88. The fourth-order valence-electron chi connectivity index (χ4n) is 2.61. The van der Waals surface area contributed by atoms with Crippen molar-refractivity contribution in [3.05, 3.63) is 30.1 Å². The number of rotatable bonds is 2. The van der Waals surface area contributed by atoms with Gasteiger partial charge in [0.25, 0.3) is 0 Å². The monoisotopic (exact) mass is 276 g/mol. The van der Waals surface area contributed by atoms with Gasteiger partial charge in [-0.1, -0.05) is 0 Å². The molecule has 2 fully saturated rings. The topological polar surface area (TPSA) is 40.6 Å². The van der Waals surface area contributed by atoms with Crippen molar-refractivity contribution in [3.63, 3.8) is 0 Å². The first kappa shape index (κ1) is 13.1. The third kappa shape index (κ3) is 2.28. The van der Waals surface area contributed by atoms with Crippen LogP contribution in [0.3, 0.4) is 0 Å². The maximum atomic E-state index is 12.9. The Morgan fingerprint density at radius 1 is 1.20 bits per heavy atom. The SMILES string of the molecule is C[C@@H]1C(=O)N(c2ccc(F)cc2)CCN1C(=O)C1CC1. The van der Waals surface area contributed by atoms with Gasteiger partial charge in [0.1, 0.15) is 11.9 Å². The minimum atomic E-state index is -0.443. The zero-order chi connectivity index (χ0) is 14.3. The molecule has 1 aromatic carbocycles. The summed E-state index contributed by atoms with van der Waals surface area (Å²) in [6, 6.07) is 5.43. The molecular formula is C15H17FN2O2. The number of hydrogen-bond acceptors (Lipinski definition) is 2. The lowest BCUT2D eigenvalue weighted by atomic mass is 10.1. The number of piperazine rings is 1. The lowest BCUT2D eigenvalue weighted by molar-refractivity contribution is -0.141. The third-order valence-corrected chi connectivity index (χ3v) is 4.00. The molecule has 2 aliphatic rings. The molecule has 20 heavy (non-hydrogen) atoms. The van der Waals surface area contributed by atoms with Crippen LogP contribution in [0.1, 0.15) is 19.8 Å². The molecule has 5 heteroatoms. The normalized spacial score (nSPS) is 23.1. The van der Waals surface area contributed by atoms with Crippen LogP contribution >= 0.6 is 0 Å². The van der Waals surface area contributed by atoms with Gasteiger partial charge in [0.2, 0.25) is 11.8 Å². The minimum absolute atomic E-state index is 0.100. The van der Waals surface area contributed by atoms with Gasteiger partial charge in [0, 0.05) is 24.7 Å². The summed E-state index contributed by atoms with van der Waals surface area (Å²) in [6.45, 7) is 2.77. The predicted molar refractivity (Wildman–Crippen MR) is 72.7 cm³/mol. The molecule has 1 saturated carbocycles. The van der Waals surface area contributed by atoms with Crippen molar-refractivity contribution >= 4 is 17.5 Å². The molecule has 1 aliphatic heterocycles. The van der Waals surface area contributed by atoms with E-state index in [9.17, 15) is 14.0 Å². The Hall–Kier alpha value is -1.91. The van der Waals surface area contributed by atoms with E-state index < -0.39 is 6.04 Å². The molecule has 1 saturated heterocycles. The van der Waals surface area contributed by atoms with Gasteiger partial charge in [-0.2, -0.15) is 0 Å². The van der Waals surface area contributed by atoms with Crippen molar-refractivity contribution < 1.29 is 14.0 Å². The molecule has 1 heterocycles. The van der Waals surface area contributed by atoms with E-state index in [2.05, 4.69) is 0 Å². The van der Waals surface area contributed by atoms with Crippen molar-refractivity contribution in [1.29, 1.82) is 0 Å². The average Bonchev–Trinajstić information content (AvgIpc) is 3.27. The molecule has 1 atom stereocenters. The van der Waals surface area contributed by atoms with Gasteiger partial charge in [-0.3, -0.25) is 9.59 Å². The molecule has 0 bridgehead atoms. The van der Waals surface area contributed by atoms with E-state index in [4.69, 9.17) is 0 Å². The molecule has 2 amide bonds. The van der Waals surface area contributed by atoms with E-state index in [0.717, 1.165) is 12.8 Å². The second kappa shape index (κ2) is 4.89. The molecule has 106 valence electrons. The van der Waals surface area contributed by atoms with Gasteiger partial charge in [-0.05, 0) is 44.0 Å². The summed E-state index contributed by atoms with van der Waals surface area (Å²) in [5.41, 5.74) is 0.682. The van der Waals surface area contributed by atoms with E-state index in [-0.39, 0.29) is 23.5 Å². The van der Waals surface area contributed by atoms with E-state index >= 15 is 0 Å². The molecule has 0 unspecified atom stereocenters. The first-order valence-corrected chi connectivity index (χ1v) is 6.95. The number of carbonyl (C=O) groups is 2. The van der Waals surface area contributed by atoms with Gasteiger partial charge in [0.15, 0.2) is 0 Å². The Kier molecular flexibility index (Phi) is 3.20.